The maximum Gasteiger partial charge on any atom is 0.0371 e. The molecule has 1 heterocycles. The highest BCUT2D eigenvalue weighted by Gasteiger charge is 2.55. The molecule has 1 saturated carbocycles. The topological polar surface area (TPSA) is 29.3 Å². The van der Waals surface area contributed by atoms with Gasteiger partial charge in [-0.15, -0.1) is 0 Å². The summed E-state index contributed by atoms with van der Waals surface area (Å²) in [6.45, 7) is 14.5. The predicted octanol–water partition coefficient (Wildman–Crippen LogP) is 3.40. The number of rotatable bonds is 2. The SMILES string of the molecule is CCCN1CCC(N)C12CC(C)(C)CC(C)(C)C2. The molecule has 0 amide bonds. The lowest BCUT2D eigenvalue weighted by Gasteiger charge is -2.55. The van der Waals surface area contributed by atoms with Gasteiger partial charge in [-0.1, -0.05) is 34.6 Å². The van der Waals surface area contributed by atoms with Gasteiger partial charge >= 0.3 is 0 Å². The van der Waals surface area contributed by atoms with Crippen LogP contribution in [0.2, 0.25) is 0 Å². The Labute approximate surface area is 113 Å². The van der Waals surface area contributed by atoms with E-state index < -0.39 is 0 Å². The van der Waals surface area contributed by atoms with Crippen LogP contribution in [0.15, 0.2) is 0 Å². The largest absolute Gasteiger partial charge is 0.326 e. The number of nitrogens with zero attached hydrogens (tertiary/aromatic N) is 1. The molecule has 2 heteroatoms. The van der Waals surface area contributed by atoms with Gasteiger partial charge in [-0.3, -0.25) is 4.90 Å². The van der Waals surface area contributed by atoms with Crippen LogP contribution in [-0.4, -0.2) is 29.6 Å². The first-order valence-corrected chi connectivity index (χ1v) is 7.71. The zero-order valence-electron chi connectivity index (χ0n) is 13.1. The van der Waals surface area contributed by atoms with E-state index in [9.17, 15) is 0 Å². The van der Waals surface area contributed by atoms with Crippen molar-refractivity contribution >= 4 is 0 Å². The highest BCUT2D eigenvalue weighted by molar-refractivity contribution is 5.12. The molecule has 2 N–H and O–H groups in total. The third kappa shape index (κ3) is 2.46. The third-order valence-corrected chi connectivity index (χ3v) is 5.05. The molecule has 1 aliphatic heterocycles. The molecule has 2 fully saturated rings. The van der Waals surface area contributed by atoms with Crippen LogP contribution in [0.1, 0.15) is 66.7 Å². The highest BCUT2D eigenvalue weighted by Crippen LogP contribution is 2.55. The van der Waals surface area contributed by atoms with Crippen LogP contribution in [0.4, 0.5) is 0 Å². The number of hydrogen-bond acceptors (Lipinski definition) is 2. The van der Waals surface area contributed by atoms with Crippen LogP contribution in [0, 0.1) is 10.8 Å². The fourth-order valence-electron chi connectivity index (χ4n) is 5.25. The number of likely N-dealkylation sites (tertiary alicyclic amines) is 1. The van der Waals surface area contributed by atoms with E-state index in [0.29, 0.717) is 16.9 Å². The van der Waals surface area contributed by atoms with E-state index in [2.05, 4.69) is 39.5 Å². The van der Waals surface area contributed by atoms with Crippen molar-refractivity contribution < 1.29 is 0 Å². The molecule has 1 atom stereocenters. The lowest BCUT2D eigenvalue weighted by Crippen LogP contribution is -2.60. The smallest absolute Gasteiger partial charge is 0.0371 e. The second kappa shape index (κ2) is 4.49. The van der Waals surface area contributed by atoms with Crippen molar-refractivity contribution in [2.24, 2.45) is 16.6 Å². The molecule has 0 aromatic heterocycles. The lowest BCUT2D eigenvalue weighted by molar-refractivity contribution is -0.0337. The van der Waals surface area contributed by atoms with Crippen molar-refractivity contribution in [3.63, 3.8) is 0 Å². The summed E-state index contributed by atoms with van der Waals surface area (Å²) in [5, 5.41) is 0. The Morgan fingerprint density at radius 1 is 1.06 bits per heavy atom. The first-order chi connectivity index (χ1) is 8.21. The van der Waals surface area contributed by atoms with Crippen LogP contribution in [0.25, 0.3) is 0 Å². The molecule has 1 aliphatic carbocycles. The molecular formula is C16H32N2. The molecule has 1 saturated heterocycles. The fraction of sp³-hybridized carbons (Fsp3) is 1.00. The van der Waals surface area contributed by atoms with Crippen molar-refractivity contribution in [3.05, 3.63) is 0 Å². The van der Waals surface area contributed by atoms with Gasteiger partial charge in [0, 0.05) is 18.1 Å². The van der Waals surface area contributed by atoms with Crippen LogP contribution in [-0.2, 0) is 0 Å². The zero-order chi connectivity index (χ0) is 13.6. The van der Waals surface area contributed by atoms with Crippen molar-refractivity contribution in [1.82, 2.24) is 4.90 Å². The van der Waals surface area contributed by atoms with Gasteiger partial charge in [0.1, 0.15) is 0 Å². The molecule has 18 heavy (non-hydrogen) atoms. The van der Waals surface area contributed by atoms with E-state index >= 15 is 0 Å². The van der Waals surface area contributed by atoms with Gasteiger partial charge in [-0.2, -0.15) is 0 Å². The third-order valence-electron chi connectivity index (χ3n) is 5.05. The Balaban J connectivity index is 2.31. The van der Waals surface area contributed by atoms with Crippen LogP contribution in [0.3, 0.4) is 0 Å². The Bertz CT molecular complexity index is 288. The molecule has 0 aromatic rings. The van der Waals surface area contributed by atoms with Gasteiger partial charge in [-0.25, -0.2) is 0 Å². The van der Waals surface area contributed by atoms with Gasteiger partial charge in [-0.05, 0) is 49.5 Å². The summed E-state index contributed by atoms with van der Waals surface area (Å²) in [4.78, 5) is 2.72. The summed E-state index contributed by atoms with van der Waals surface area (Å²) in [5.74, 6) is 0. The van der Waals surface area contributed by atoms with E-state index in [1.165, 1.54) is 45.2 Å². The molecule has 0 bridgehead atoms. The Morgan fingerprint density at radius 3 is 2.11 bits per heavy atom. The minimum Gasteiger partial charge on any atom is -0.326 e. The minimum atomic E-state index is 0.279. The average molecular weight is 252 g/mol. The van der Waals surface area contributed by atoms with Crippen molar-refractivity contribution in [1.29, 1.82) is 0 Å². The quantitative estimate of drug-likeness (QED) is 0.816. The molecule has 106 valence electrons. The molecule has 2 rings (SSSR count). The van der Waals surface area contributed by atoms with E-state index in [-0.39, 0.29) is 5.54 Å². The average Bonchev–Trinajstić information content (AvgIpc) is 2.42. The van der Waals surface area contributed by atoms with Crippen LogP contribution >= 0.6 is 0 Å². The molecule has 1 spiro atoms. The molecule has 0 radical (unpaired) electrons. The normalized spacial score (nSPS) is 34.0. The standard InChI is InChI=1S/C16H32N2/c1-6-8-18-9-7-13(17)16(18)11-14(2,3)10-15(4,5)12-16/h13H,6-12,17H2,1-5H3. The summed E-state index contributed by atoms with van der Waals surface area (Å²) in [7, 11) is 0. The minimum absolute atomic E-state index is 0.279. The molecule has 1 unspecified atom stereocenters. The highest BCUT2D eigenvalue weighted by atomic mass is 15.3. The first-order valence-electron chi connectivity index (χ1n) is 7.71. The van der Waals surface area contributed by atoms with E-state index in [1.807, 2.05) is 0 Å². The van der Waals surface area contributed by atoms with Crippen LogP contribution in [0.5, 0.6) is 0 Å². The zero-order valence-corrected chi connectivity index (χ0v) is 13.1. The first kappa shape index (κ1) is 14.3. The van der Waals surface area contributed by atoms with Crippen LogP contribution < -0.4 is 5.73 Å². The molecular weight excluding hydrogens is 220 g/mol. The van der Waals surface area contributed by atoms with Crippen molar-refractivity contribution in [3.8, 4) is 0 Å². The lowest BCUT2D eigenvalue weighted by atomic mass is 9.57. The Kier molecular flexibility index (Phi) is 3.57. The Morgan fingerprint density at radius 2 is 1.61 bits per heavy atom. The fourth-order valence-corrected chi connectivity index (χ4v) is 5.25. The summed E-state index contributed by atoms with van der Waals surface area (Å²) >= 11 is 0. The monoisotopic (exact) mass is 252 g/mol. The maximum absolute atomic E-state index is 6.57. The van der Waals surface area contributed by atoms with E-state index in [0.717, 1.165) is 0 Å². The van der Waals surface area contributed by atoms with Crippen molar-refractivity contribution in [2.45, 2.75) is 78.3 Å². The number of nitrogens with two attached hydrogens (primary N) is 1. The number of hydrogen-bond donors (Lipinski definition) is 1. The summed E-state index contributed by atoms with van der Waals surface area (Å²) < 4.78 is 0. The predicted molar refractivity (Wildman–Crippen MR) is 78.6 cm³/mol. The van der Waals surface area contributed by atoms with Gasteiger partial charge in [0.05, 0.1) is 0 Å². The molecule has 2 aliphatic rings. The molecule has 0 aromatic carbocycles. The van der Waals surface area contributed by atoms with Crippen molar-refractivity contribution in [2.75, 3.05) is 13.1 Å². The van der Waals surface area contributed by atoms with Gasteiger partial charge in [0.15, 0.2) is 0 Å². The maximum atomic E-state index is 6.57. The van der Waals surface area contributed by atoms with E-state index in [4.69, 9.17) is 5.73 Å². The summed E-state index contributed by atoms with van der Waals surface area (Å²) in [5.41, 5.74) is 7.70. The van der Waals surface area contributed by atoms with Gasteiger partial charge < -0.3 is 5.73 Å². The summed E-state index contributed by atoms with van der Waals surface area (Å²) in [6.07, 6.45) is 6.32. The Hall–Kier alpha value is -0.0800. The van der Waals surface area contributed by atoms with Gasteiger partial charge in [0.25, 0.3) is 0 Å². The van der Waals surface area contributed by atoms with E-state index in [1.54, 1.807) is 0 Å². The van der Waals surface area contributed by atoms with Gasteiger partial charge in [0.2, 0.25) is 0 Å². The second-order valence-corrected chi connectivity index (χ2v) is 8.34. The molecule has 2 nitrogen and oxygen atoms in total. The summed E-state index contributed by atoms with van der Waals surface area (Å²) in [6, 6.07) is 0.378. The second-order valence-electron chi connectivity index (χ2n) is 8.34.